The topological polar surface area (TPSA) is 67.9 Å². The number of amides is 1. The molecule has 2 aromatic rings. The van der Waals surface area contributed by atoms with Crippen molar-refractivity contribution in [2.45, 2.75) is 36.2 Å². The molecule has 2 aromatic carbocycles. The molecule has 32 heavy (non-hydrogen) atoms. The van der Waals surface area contributed by atoms with Gasteiger partial charge in [-0.1, -0.05) is 12.1 Å². The van der Waals surface area contributed by atoms with Crippen molar-refractivity contribution in [1.82, 2.24) is 9.62 Å². The normalized spacial score (nSPS) is 13.0. The average Bonchev–Trinajstić information content (AvgIpc) is 2.71. The first-order chi connectivity index (χ1) is 15.0. The van der Waals surface area contributed by atoms with E-state index in [4.69, 9.17) is 9.47 Å². The second kappa shape index (κ2) is 12.0. The number of nitrogens with zero attached hydrogens (tertiary/aromatic N) is 1. The van der Waals surface area contributed by atoms with Crippen LogP contribution in [0.15, 0.2) is 70.2 Å². The minimum absolute atomic E-state index is 0.0418. The van der Waals surface area contributed by atoms with Crippen LogP contribution in [-0.4, -0.2) is 46.6 Å². The molecule has 0 aliphatic rings. The van der Waals surface area contributed by atoms with Crippen molar-refractivity contribution in [2.24, 2.45) is 0 Å². The van der Waals surface area contributed by atoms with Crippen molar-refractivity contribution in [3.05, 3.63) is 60.4 Å². The van der Waals surface area contributed by atoms with Crippen molar-refractivity contribution in [3.63, 3.8) is 0 Å². The van der Waals surface area contributed by atoms with Crippen LogP contribution in [0, 0.1) is 0 Å². The molecule has 2 rings (SSSR count). The first-order valence-corrected chi connectivity index (χ1v) is 12.0. The fraction of sp³-hybridized carbons (Fsp3) is 0.348. The third kappa shape index (κ3) is 9.02. The SMILES string of the molecule is CN(C)S(=O)c1ccc(Oc2ccccc2SC/C(F)=C/CNC(=O)OC(C)(C)C)cc1. The van der Waals surface area contributed by atoms with Gasteiger partial charge < -0.3 is 14.8 Å². The van der Waals surface area contributed by atoms with E-state index in [1.807, 2.05) is 18.2 Å². The molecule has 0 spiro atoms. The third-order valence-electron chi connectivity index (χ3n) is 3.77. The lowest BCUT2D eigenvalue weighted by molar-refractivity contribution is 0.0534. The lowest BCUT2D eigenvalue weighted by atomic mass is 10.2. The standard InChI is InChI=1S/C23H29FN2O4S2/c1-23(2,3)30-22(27)25-15-14-17(24)16-31-21-9-7-6-8-20(21)29-18-10-12-19(13-11-18)32(28)26(4)5/h6-14H,15-16H2,1-5H3,(H,25,27)/b17-14-. The number of hydrogen-bond donors (Lipinski definition) is 1. The number of benzene rings is 2. The van der Waals surface area contributed by atoms with Crippen molar-refractivity contribution in [1.29, 1.82) is 0 Å². The number of carbonyl (C=O) groups excluding carboxylic acids is 1. The van der Waals surface area contributed by atoms with Gasteiger partial charge in [0, 0.05) is 12.3 Å². The number of rotatable bonds is 9. The number of thioether (sulfide) groups is 1. The lowest BCUT2D eigenvalue weighted by Gasteiger charge is -2.19. The highest BCUT2D eigenvalue weighted by Crippen LogP contribution is 2.34. The fourth-order valence-corrected chi connectivity index (χ4v) is 4.01. The van der Waals surface area contributed by atoms with E-state index in [1.54, 1.807) is 69.5 Å². The molecular formula is C23H29FN2O4S2. The molecule has 174 valence electrons. The number of halogens is 1. The van der Waals surface area contributed by atoms with E-state index in [0.29, 0.717) is 16.4 Å². The first kappa shape index (κ1) is 25.9. The molecule has 0 bridgehead atoms. The van der Waals surface area contributed by atoms with Crippen LogP contribution >= 0.6 is 11.8 Å². The van der Waals surface area contributed by atoms with Gasteiger partial charge in [0.2, 0.25) is 0 Å². The summed E-state index contributed by atoms with van der Waals surface area (Å²) in [5.74, 6) is 0.919. The van der Waals surface area contributed by atoms with Crippen LogP contribution in [0.4, 0.5) is 9.18 Å². The van der Waals surface area contributed by atoms with Crippen LogP contribution in [-0.2, 0) is 15.7 Å². The highest BCUT2D eigenvalue weighted by atomic mass is 32.2. The van der Waals surface area contributed by atoms with Crippen molar-refractivity contribution >= 4 is 28.8 Å². The molecule has 6 nitrogen and oxygen atoms in total. The molecule has 9 heteroatoms. The monoisotopic (exact) mass is 480 g/mol. The Morgan fingerprint density at radius 1 is 1.16 bits per heavy atom. The predicted octanol–water partition coefficient (Wildman–Crippen LogP) is 5.53. The Labute approximate surface area is 195 Å². The van der Waals surface area contributed by atoms with Gasteiger partial charge in [-0.3, -0.25) is 0 Å². The van der Waals surface area contributed by atoms with Gasteiger partial charge in [-0.25, -0.2) is 17.7 Å². The van der Waals surface area contributed by atoms with Crippen LogP contribution in [0.1, 0.15) is 20.8 Å². The first-order valence-electron chi connectivity index (χ1n) is 9.95. The Balaban J connectivity index is 1.93. The molecule has 0 heterocycles. The second-order valence-corrected chi connectivity index (χ2v) is 10.6. The summed E-state index contributed by atoms with van der Waals surface area (Å²) >= 11 is 1.29. The van der Waals surface area contributed by atoms with Gasteiger partial charge in [-0.05, 0) is 77.3 Å². The largest absolute Gasteiger partial charge is 0.456 e. The van der Waals surface area contributed by atoms with Crippen LogP contribution in [0.3, 0.4) is 0 Å². The summed E-state index contributed by atoms with van der Waals surface area (Å²) in [6.45, 7) is 5.33. The molecule has 1 amide bonds. The van der Waals surface area contributed by atoms with Crippen LogP contribution in [0.5, 0.6) is 11.5 Å². The summed E-state index contributed by atoms with van der Waals surface area (Å²) in [7, 11) is 2.27. The number of nitrogens with one attached hydrogen (secondary N) is 1. The van der Waals surface area contributed by atoms with E-state index >= 15 is 0 Å². The zero-order valence-electron chi connectivity index (χ0n) is 18.9. The van der Waals surface area contributed by atoms with E-state index in [1.165, 1.54) is 17.8 Å². The summed E-state index contributed by atoms with van der Waals surface area (Å²) in [5, 5.41) is 2.50. The van der Waals surface area contributed by atoms with Gasteiger partial charge in [0.05, 0.1) is 9.79 Å². The van der Waals surface area contributed by atoms with E-state index < -0.39 is 22.7 Å². The molecule has 1 atom stereocenters. The Morgan fingerprint density at radius 3 is 2.44 bits per heavy atom. The predicted molar refractivity (Wildman–Crippen MR) is 127 cm³/mol. The van der Waals surface area contributed by atoms with E-state index in [9.17, 15) is 13.4 Å². The Hall–Kier alpha value is -2.36. The second-order valence-electron chi connectivity index (χ2n) is 7.90. The molecule has 1 N–H and O–H groups in total. The summed E-state index contributed by atoms with van der Waals surface area (Å²) in [5.41, 5.74) is -0.602. The molecule has 0 radical (unpaired) electrons. The summed E-state index contributed by atoms with van der Waals surface area (Å²) in [6, 6.07) is 14.3. The maximum absolute atomic E-state index is 14.2. The number of para-hydroxylation sites is 1. The quantitative estimate of drug-likeness (QED) is 0.478. The molecule has 0 aliphatic heterocycles. The molecule has 0 aromatic heterocycles. The fourth-order valence-electron chi connectivity index (χ4n) is 2.38. The minimum atomic E-state index is -1.22. The van der Waals surface area contributed by atoms with Crippen molar-refractivity contribution < 1.29 is 22.9 Å². The van der Waals surface area contributed by atoms with E-state index in [-0.39, 0.29) is 18.1 Å². The van der Waals surface area contributed by atoms with Gasteiger partial charge in [-0.2, -0.15) is 0 Å². The molecule has 0 saturated carbocycles. The molecule has 0 aliphatic carbocycles. The van der Waals surface area contributed by atoms with Gasteiger partial charge in [0.15, 0.2) is 0 Å². The number of hydrogen-bond acceptors (Lipinski definition) is 5. The maximum atomic E-state index is 14.2. The summed E-state index contributed by atoms with van der Waals surface area (Å²) in [6.07, 6.45) is 0.720. The van der Waals surface area contributed by atoms with Gasteiger partial charge in [-0.15, -0.1) is 11.8 Å². The Kier molecular flexibility index (Phi) is 9.74. The molecule has 0 fully saturated rings. The number of carbonyl (C=O) groups is 1. The highest BCUT2D eigenvalue weighted by Gasteiger charge is 2.15. The Morgan fingerprint density at radius 2 is 1.81 bits per heavy atom. The van der Waals surface area contributed by atoms with E-state index in [2.05, 4.69) is 5.32 Å². The Bertz CT molecular complexity index is 957. The lowest BCUT2D eigenvalue weighted by Crippen LogP contribution is -2.32. The smallest absolute Gasteiger partial charge is 0.407 e. The van der Waals surface area contributed by atoms with Crippen LogP contribution in [0.25, 0.3) is 0 Å². The number of ether oxygens (including phenoxy) is 2. The van der Waals surface area contributed by atoms with Gasteiger partial charge in [0.1, 0.15) is 33.9 Å². The molecule has 1 unspecified atom stereocenters. The zero-order valence-corrected chi connectivity index (χ0v) is 20.5. The summed E-state index contributed by atoms with van der Waals surface area (Å²) < 4.78 is 39.0. The van der Waals surface area contributed by atoms with Crippen LogP contribution in [0.2, 0.25) is 0 Å². The molecular weight excluding hydrogens is 451 g/mol. The molecule has 0 saturated heterocycles. The van der Waals surface area contributed by atoms with Gasteiger partial charge >= 0.3 is 6.09 Å². The summed E-state index contributed by atoms with van der Waals surface area (Å²) in [4.78, 5) is 13.1. The van der Waals surface area contributed by atoms with Crippen LogP contribution < -0.4 is 10.1 Å². The minimum Gasteiger partial charge on any atom is -0.456 e. The third-order valence-corrected chi connectivity index (χ3v) is 6.18. The highest BCUT2D eigenvalue weighted by molar-refractivity contribution is 7.99. The van der Waals surface area contributed by atoms with Crippen molar-refractivity contribution in [3.8, 4) is 11.5 Å². The zero-order chi connectivity index (χ0) is 23.7. The average molecular weight is 481 g/mol. The maximum Gasteiger partial charge on any atom is 0.407 e. The van der Waals surface area contributed by atoms with E-state index in [0.717, 1.165) is 4.90 Å². The van der Waals surface area contributed by atoms with Crippen molar-refractivity contribution in [2.75, 3.05) is 26.4 Å². The number of alkyl carbamates (subject to hydrolysis) is 1. The van der Waals surface area contributed by atoms with Gasteiger partial charge in [0.25, 0.3) is 0 Å².